The zero-order chi connectivity index (χ0) is 65.5. The first-order chi connectivity index (χ1) is 44.0. The highest BCUT2D eigenvalue weighted by molar-refractivity contribution is 7.47. The normalized spacial score (nSPS) is 14.3. The largest absolute Gasteiger partial charge is 0.472 e. The van der Waals surface area contributed by atoms with Crippen molar-refractivity contribution < 1.29 is 32.9 Å². The predicted molar refractivity (Wildman–Crippen MR) is 396 cm³/mol. The molecule has 0 aromatic heterocycles. The van der Waals surface area contributed by atoms with E-state index in [1.807, 2.05) is 21.1 Å². The number of amides is 1. The van der Waals surface area contributed by atoms with Crippen LogP contribution in [-0.4, -0.2) is 73.4 Å². The number of rotatable bonds is 68. The summed E-state index contributed by atoms with van der Waals surface area (Å²) in [6.45, 7) is 4.79. The molecule has 90 heavy (non-hydrogen) atoms. The number of nitrogens with zero attached hydrogens (tertiary/aromatic N) is 1. The molecule has 0 saturated carbocycles. The average Bonchev–Trinajstić information content (AvgIpc) is 3.09. The fourth-order valence-electron chi connectivity index (χ4n) is 10.6. The summed E-state index contributed by atoms with van der Waals surface area (Å²) in [6.07, 6.45) is 106. The number of allylic oxidation sites excluding steroid dienone is 22. The van der Waals surface area contributed by atoms with Gasteiger partial charge in [-0.05, 0) is 96.3 Å². The molecule has 0 spiro atoms. The number of quaternary nitrogens is 1. The summed E-state index contributed by atoms with van der Waals surface area (Å²) in [5.41, 5.74) is 0. The number of phosphoric acid groups is 1. The van der Waals surface area contributed by atoms with E-state index in [-0.39, 0.29) is 19.1 Å². The smallest absolute Gasteiger partial charge is 0.391 e. The molecule has 0 aliphatic carbocycles. The molecule has 0 heterocycles. The highest BCUT2D eigenvalue weighted by Crippen LogP contribution is 2.43. The Balaban J connectivity index is 4.10. The third-order valence-corrected chi connectivity index (χ3v) is 17.4. The van der Waals surface area contributed by atoms with E-state index < -0.39 is 20.0 Å². The first-order valence-electron chi connectivity index (χ1n) is 37.5. The highest BCUT2D eigenvalue weighted by Gasteiger charge is 2.28. The van der Waals surface area contributed by atoms with E-state index in [1.54, 1.807) is 0 Å². The molecule has 0 fully saturated rings. The van der Waals surface area contributed by atoms with Crippen LogP contribution in [0.25, 0.3) is 0 Å². The molecule has 0 aromatic carbocycles. The Morgan fingerprint density at radius 3 is 0.978 bits per heavy atom. The van der Waals surface area contributed by atoms with Crippen LogP contribution in [0.15, 0.2) is 134 Å². The zero-order valence-electron chi connectivity index (χ0n) is 59.3. The van der Waals surface area contributed by atoms with Crippen molar-refractivity contribution in [1.82, 2.24) is 5.32 Å². The Hall–Kier alpha value is -3.36. The van der Waals surface area contributed by atoms with Crippen LogP contribution in [0.2, 0.25) is 0 Å². The Morgan fingerprint density at radius 1 is 0.389 bits per heavy atom. The number of carbonyl (C=O) groups excluding carboxylic acids is 1. The molecule has 8 nitrogen and oxygen atoms in total. The minimum atomic E-state index is -4.34. The van der Waals surface area contributed by atoms with Gasteiger partial charge in [0.2, 0.25) is 5.91 Å². The maximum atomic E-state index is 13.1. The number of likely N-dealkylation sites (N-methyl/N-ethyl adjacent to an activating group) is 1. The lowest BCUT2D eigenvalue weighted by Gasteiger charge is -2.26. The van der Waals surface area contributed by atoms with Crippen LogP contribution in [0, 0.1) is 0 Å². The predicted octanol–water partition coefficient (Wildman–Crippen LogP) is 24.6. The highest BCUT2D eigenvalue weighted by atomic mass is 31.2. The molecule has 3 N–H and O–H groups in total. The van der Waals surface area contributed by atoms with E-state index in [1.165, 1.54) is 173 Å². The second-order valence-corrected chi connectivity index (χ2v) is 27.8. The Labute approximate surface area is 557 Å². The van der Waals surface area contributed by atoms with Gasteiger partial charge in [-0.2, -0.15) is 0 Å². The van der Waals surface area contributed by atoms with Gasteiger partial charge in [-0.25, -0.2) is 4.57 Å². The van der Waals surface area contributed by atoms with Crippen molar-refractivity contribution in [2.45, 2.75) is 334 Å². The van der Waals surface area contributed by atoms with Gasteiger partial charge >= 0.3 is 7.82 Å². The van der Waals surface area contributed by atoms with Crippen LogP contribution in [0.4, 0.5) is 0 Å². The molecule has 0 aliphatic heterocycles. The Bertz CT molecular complexity index is 1930. The SMILES string of the molecule is CC/C=C\C/C=C\C/C=C\C/C=C\C/C=C\C/C=C\C/C=C\C/C=C\C/C=C\C/C=C\C/C=C\CCCCCCCCCC(=O)NC(COP(=O)(O)OCC[N+](C)(C)C)C(O)CCCCCCCCCCCCCCCCCCCCCCCCCCCCC. The van der Waals surface area contributed by atoms with Gasteiger partial charge < -0.3 is 19.8 Å². The third kappa shape index (κ3) is 72.1. The van der Waals surface area contributed by atoms with Gasteiger partial charge in [0.05, 0.1) is 39.9 Å². The lowest BCUT2D eigenvalue weighted by Crippen LogP contribution is -2.46. The summed E-state index contributed by atoms with van der Waals surface area (Å²) in [5, 5.41) is 14.2. The van der Waals surface area contributed by atoms with Gasteiger partial charge in [-0.1, -0.05) is 353 Å². The molecule has 518 valence electrons. The number of carbonyl (C=O) groups is 1. The van der Waals surface area contributed by atoms with Crippen LogP contribution in [0.5, 0.6) is 0 Å². The number of aliphatic hydroxyl groups excluding tert-OH is 1. The van der Waals surface area contributed by atoms with E-state index in [0.29, 0.717) is 23.9 Å². The van der Waals surface area contributed by atoms with Gasteiger partial charge in [0, 0.05) is 6.42 Å². The zero-order valence-corrected chi connectivity index (χ0v) is 60.2. The van der Waals surface area contributed by atoms with Crippen molar-refractivity contribution in [3.05, 3.63) is 134 Å². The molecule has 0 aromatic rings. The van der Waals surface area contributed by atoms with E-state index in [2.05, 4.69) is 153 Å². The van der Waals surface area contributed by atoms with Crippen LogP contribution in [0.3, 0.4) is 0 Å². The van der Waals surface area contributed by atoms with Crippen molar-refractivity contribution >= 4 is 13.7 Å². The van der Waals surface area contributed by atoms with Crippen molar-refractivity contribution in [2.24, 2.45) is 0 Å². The standard InChI is InChI=1S/C81H143N2O6P/c1-6-8-10-12-14-16-18-20-22-24-26-28-30-32-34-35-36-37-38-39-40-41-42-43-44-45-46-47-49-51-53-55-57-59-61-63-65-67-69-71-73-75-81(85)82-79(78-89-90(86,87)88-77-76-83(3,4)5)80(84)74-72-70-68-66-64-62-60-58-56-54-52-50-48-33-31-29-27-25-23-21-19-17-15-13-11-9-7-2/h8,10,14,16,20,22,26,28,32,34,36-37,39-40,42-43,45-46,49,51,55,57,79-80,84H,6-7,9,11-13,15,17-19,21,23-25,27,29-31,33,35,38,41,44,47-48,50,52-54,56,58-78H2,1-5H3,(H-,82,85,86,87)/p+1/b10-8-,16-14-,22-20-,28-26-,34-32-,37-36-,40-39-,43-42-,46-45-,51-49-,57-55-. The van der Waals surface area contributed by atoms with E-state index >= 15 is 0 Å². The molecule has 0 rings (SSSR count). The summed E-state index contributed by atoms with van der Waals surface area (Å²) in [4.78, 5) is 23.5. The average molecular weight is 1270 g/mol. The molecular weight excluding hydrogens is 1130 g/mol. The van der Waals surface area contributed by atoms with Crippen LogP contribution in [-0.2, 0) is 18.4 Å². The molecule has 3 atom stereocenters. The Kier molecular flexibility index (Phi) is 67.4. The summed E-state index contributed by atoms with van der Waals surface area (Å²) >= 11 is 0. The number of phosphoric ester groups is 1. The fraction of sp³-hybridized carbons (Fsp3) is 0.716. The molecular formula is C81H144N2O6P+. The number of hydrogen-bond donors (Lipinski definition) is 3. The van der Waals surface area contributed by atoms with Crippen molar-refractivity contribution in [3.63, 3.8) is 0 Å². The topological polar surface area (TPSA) is 105 Å². The fourth-order valence-corrected chi connectivity index (χ4v) is 11.4. The van der Waals surface area contributed by atoms with Gasteiger partial charge in [0.15, 0.2) is 0 Å². The summed E-state index contributed by atoms with van der Waals surface area (Å²) in [6, 6.07) is -0.778. The molecule has 1 amide bonds. The van der Waals surface area contributed by atoms with E-state index in [9.17, 15) is 19.4 Å². The van der Waals surface area contributed by atoms with Gasteiger partial charge in [-0.3, -0.25) is 13.8 Å². The molecule has 0 radical (unpaired) electrons. The molecule has 9 heteroatoms. The number of unbranched alkanes of at least 4 members (excludes halogenated alkanes) is 33. The van der Waals surface area contributed by atoms with Gasteiger partial charge in [0.1, 0.15) is 13.2 Å². The molecule has 0 aliphatic rings. The van der Waals surface area contributed by atoms with Crippen molar-refractivity contribution in [1.29, 1.82) is 0 Å². The van der Waals surface area contributed by atoms with Crippen LogP contribution < -0.4 is 5.32 Å². The first kappa shape index (κ1) is 86.6. The van der Waals surface area contributed by atoms with Gasteiger partial charge in [-0.15, -0.1) is 0 Å². The molecule has 0 saturated heterocycles. The molecule has 0 bridgehead atoms. The summed E-state index contributed by atoms with van der Waals surface area (Å²) < 4.78 is 23.9. The lowest BCUT2D eigenvalue weighted by atomic mass is 10.0. The lowest BCUT2D eigenvalue weighted by molar-refractivity contribution is -0.870. The number of nitrogens with one attached hydrogen (secondary N) is 1. The Morgan fingerprint density at radius 2 is 0.667 bits per heavy atom. The van der Waals surface area contributed by atoms with Gasteiger partial charge in [0.25, 0.3) is 0 Å². The summed E-state index contributed by atoms with van der Waals surface area (Å²) in [7, 11) is 1.60. The first-order valence-corrected chi connectivity index (χ1v) is 39.0. The number of aliphatic hydroxyl groups is 1. The monoisotopic (exact) mass is 1270 g/mol. The second-order valence-electron chi connectivity index (χ2n) is 26.3. The van der Waals surface area contributed by atoms with Crippen LogP contribution >= 0.6 is 7.82 Å². The second kappa shape index (κ2) is 70.0. The third-order valence-electron chi connectivity index (χ3n) is 16.4. The molecule has 3 unspecified atom stereocenters. The minimum absolute atomic E-state index is 0.0667. The maximum absolute atomic E-state index is 13.1. The van der Waals surface area contributed by atoms with Crippen LogP contribution in [0.1, 0.15) is 322 Å². The number of hydrogen-bond acceptors (Lipinski definition) is 5. The van der Waals surface area contributed by atoms with E-state index in [0.717, 1.165) is 122 Å². The maximum Gasteiger partial charge on any atom is 0.472 e. The summed E-state index contributed by atoms with van der Waals surface area (Å²) in [5.74, 6) is -0.157. The van der Waals surface area contributed by atoms with E-state index in [4.69, 9.17) is 9.05 Å². The van der Waals surface area contributed by atoms with Crippen molar-refractivity contribution in [2.75, 3.05) is 40.9 Å². The van der Waals surface area contributed by atoms with Crippen molar-refractivity contribution in [3.8, 4) is 0 Å². The quantitative estimate of drug-likeness (QED) is 0.0243. The minimum Gasteiger partial charge on any atom is -0.391 e.